The Hall–Kier alpha value is -0.930. The van der Waals surface area contributed by atoms with Gasteiger partial charge in [0.1, 0.15) is 5.75 Å². The molecule has 0 radical (unpaired) electrons. The minimum Gasteiger partial charge on any atom is -0.497 e. The average molecular weight is 269 g/mol. The highest BCUT2D eigenvalue weighted by Gasteiger charge is 2.23. The second-order valence-corrected chi connectivity index (χ2v) is 5.48. The van der Waals surface area contributed by atoms with E-state index in [2.05, 4.69) is 24.1 Å². The summed E-state index contributed by atoms with van der Waals surface area (Å²) in [7, 11) is 1.68. The molecule has 1 heterocycles. The third-order valence-corrected chi connectivity index (χ3v) is 3.82. The molecule has 0 amide bonds. The molecule has 2 rings (SSSR count). The number of hydrogen-bond acceptors (Lipinski definition) is 3. The van der Waals surface area contributed by atoms with E-state index in [1.54, 1.807) is 7.11 Å². The molecule has 1 unspecified atom stereocenters. The van der Waals surface area contributed by atoms with Crippen molar-refractivity contribution in [3.05, 3.63) is 23.2 Å². The van der Waals surface area contributed by atoms with Gasteiger partial charge in [-0.2, -0.15) is 0 Å². The van der Waals surface area contributed by atoms with E-state index in [-0.39, 0.29) is 0 Å². The lowest BCUT2D eigenvalue weighted by molar-refractivity contribution is 0.368. The monoisotopic (exact) mass is 268 g/mol. The quantitative estimate of drug-likeness (QED) is 0.912. The zero-order chi connectivity index (χ0) is 13.1. The van der Waals surface area contributed by atoms with E-state index < -0.39 is 0 Å². The second kappa shape index (κ2) is 5.81. The lowest BCUT2D eigenvalue weighted by Crippen LogP contribution is -2.53. The molecule has 18 heavy (non-hydrogen) atoms. The Morgan fingerprint density at radius 1 is 1.44 bits per heavy atom. The molecule has 1 aromatic carbocycles. The summed E-state index contributed by atoms with van der Waals surface area (Å²) in [5, 5.41) is 4.34. The highest BCUT2D eigenvalue weighted by atomic mass is 35.5. The number of nitrogens with zero attached hydrogens (tertiary/aromatic N) is 1. The summed E-state index contributed by atoms with van der Waals surface area (Å²) in [4.78, 5) is 2.34. The summed E-state index contributed by atoms with van der Waals surface area (Å²) in [5.41, 5.74) is 1.07. The number of benzene rings is 1. The van der Waals surface area contributed by atoms with Crippen LogP contribution in [0.4, 0.5) is 5.69 Å². The molecule has 0 aromatic heterocycles. The molecule has 1 aromatic rings. The maximum absolute atomic E-state index is 6.30. The molecule has 0 spiro atoms. The number of ether oxygens (including phenoxy) is 1. The molecule has 1 fully saturated rings. The fourth-order valence-corrected chi connectivity index (χ4v) is 2.54. The van der Waals surface area contributed by atoms with Crippen molar-refractivity contribution >= 4 is 17.3 Å². The van der Waals surface area contributed by atoms with Crippen LogP contribution in [0.5, 0.6) is 5.75 Å². The van der Waals surface area contributed by atoms with E-state index in [0.29, 0.717) is 12.0 Å². The van der Waals surface area contributed by atoms with Gasteiger partial charge < -0.3 is 15.0 Å². The van der Waals surface area contributed by atoms with Crippen LogP contribution in [0.3, 0.4) is 0 Å². The Morgan fingerprint density at radius 3 is 2.89 bits per heavy atom. The zero-order valence-electron chi connectivity index (χ0n) is 11.2. The van der Waals surface area contributed by atoms with Crippen molar-refractivity contribution in [1.29, 1.82) is 0 Å². The van der Waals surface area contributed by atoms with E-state index in [4.69, 9.17) is 16.3 Å². The first-order valence-electron chi connectivity index (χ1n) is 6.43. The highest BCUT2D eigenvalue weighted by molar-refractivity contribution is 6.33. The Bertz CT molecular complexity index is 409. The van der Waals surface area contributed by atoms with Crippen molar-refractivity contribution in [3.63, 3.8) is 0 Å². The maximum atomic E-state index is 6.30. The molecule has 3 nitrogen and oxygen atoms in total. The molecule has 1 atom stereocenters. The fourth-order valence-electron chi connectivity index (χ4n) is 2.31. The van der Waals surface area contributed by atoms with Gasteiger partial charge in [-0.3, -0.25) is 0 Å². The normalized spacial score (nSPS) is 20.3. The first kappa shape index (κ1) is 13.5. The van der Waals surface area contributed by atoms with Crippen LogP contribution in [0.25, 0.3) is 0 Å². The molecular formula is C14H21ClN2O. The third-order valence-electron chi connectivity index (χ3n) is 3.50. The smallest absolute Gasteiger partial charge is 0.121 e. The lowest BCUT2D eigenvalue weighted by atomic mass is 10.0. The number of rotatable bonds is 3. The number of hydrogen-bond donors (Lipinski definition) is 1. The summed E-state index contributed by atoms with van der Waals surface area (Å²) in [6.45, 7) is 7.46. The van der Waals surface area contributed by atoms with Gasteiger partial charge in [-0.25, -0.2) is 0 Å². The van der Waals surface area contributed by atoms with Crippen LogP contribution in [0, 0.1) is 5.92 Å². The van der Waals surface area contributed by atoms with Crippen molar-refractivity contribution in [2.75, 3.05) is 31.6 Å². The molecule has 1 aliphatic heterocycles. The van der Waals surface area contributed by atoms with Gasteiger partial charge in [0.2, 0.25) is 0 Å². The first-order chi connectivity index (χ1) is 8.61. The van der Waals surface area contributed by atoms with E-state index in [9.17, 15) is 0 Å². The zero-order valence-corrected chi connectivity index (χ0v) is 12.0. The molecule has 100 valence electrons. The molecular weight excluding hydrogens is 248 g/mol. The van der Waals surface area contributed by atoms with Crippen molar-refractivity contribution in [1.82, 2.24) is 5.32 Å². The molecule has 0 bridgehead atoms. The first-order valence-corrected chi connectivity index (χ1v) is 6.81. The predicted octanol–water partition coefficient (Wildman–Crippen LogP) is 2.78. The molecule has 0 aliphatic carbocycles. The van der Waals surface area contributed by atoms with Gasteiger partial charge in [-0.1, -0.05) is 25.4 Å². The molecule has 4 heteroatoms. The van der Waals surface area contributed by atoms with E-state index in [1.165, 1.54) is 0 Å². The number of nitrogens with one attached hydrogen (secondary N) is 1. The van der Waals surface area contributed by atoms with Crippen LogP contribution in [0.1, 0.15) is 13.8 Å². The van der Waals surface area contributed by atoms with Crippen LogP contribution in [-0.2, 0) is 0 Å². The van der Waals surface area contributed by atoms with Crippen LogP contribution in [0.15, 0.2) is 18.2 Å². The second-order valence-electron chi connectivity index (χ2n) is 5.07. The number of halogens is 1. The van der Waals surface area contributed by atoms with Crippen molar-refractivity contribution in [2.45, 2.75) is 19.9 Å². The largest absolute Gasteiger partial charge is 0.497 e. The molecule has 0 saturated carbocycles. The topological polar surface area (TPSA) is 24.5 Å². The van der Waals surface area contributed by atoms with Crippen LogP contribution >= 0.6 is 11.6 Å². The van der Waals surface area contributed by atoms with Crippen molar-refractivity contribution < 1.29 is 4.74 Å². The Balaban J connectivity index is 2.19. The van der Waals surface area contributed by atoms with Crippen molar-refractivity contribution in [3.8, 4) is 5.75 Å². The average Bonchev–Trinajstić information content (AvgIpc) is 2.39. The summed E-state index contributed by atoms with van der Waals surface area (Å²) in [6, 6.07) is 6.34. The molecule has 1 aliphatic rings. The third kappa shape index (κ3) is 2.90. The van der Waals surface area contributed by atoms with Gasteiger partial charge in [0.25, 0.3) is 0 Å². The van der Waals surface area contributed by atoms with Gasteiger partial charge >= 0.3 is 0 Å². The fraction of sp³-hybridized carbons (Fsp3) is 0.571. The predicted molar refractivity (Wildman–Crippen MR) is 76.8 cm³/mol. The van der Waals surface area contributed by atoms with Crippen LogP contribution in [-0.4, -0.2) is 32.8 Å². The van der Waals surface area contributed by atoms with Crippen molar-refractivity contribution in [2.24, 2.45) is 5.92 Å². The molecule has 1 saturated heterocycles. The summed E-state index contributed by atoms with van der Waals surface area (Å²) in [6.07, 6.45) is 0. The van der Waals surface area contributed by atoms with Gasteiger partial charge in [0.05, 0.1) is 17.8 Å². The Kier molecular flexibility index (Phi) is 4.36. The van der Waals surface area contributed by atoms with Gasteiger partial charge in [-0.15, -0.1) is 0 Å². The lowest BCUT2D eigenvalue weighted by Gasteiger charge is -2.37. The highest BCUT2D eigenvalue weighted by Crippen LogP contribution is 2.31. The number of anilines is 1. The Morgan fingerprint density at radius 2 is 2.22 bits per heavy atom. The van der Waals surface area contributed by atoms with E-state index in [0.717, 1.165) is 36.1 Å². The minimum absolute atomic E-state index is 0.515. The standard InChI is InChI=1S/C14H21ClN2O/c1-10(2)13-9-17(7-6-16-13)14-8-11(18-3)4-5-12(14)15/h4-5,8,10,13,16H,6-7,9H2,1-3H3. The number of piperazine rings is 1. The Labute approximate surface area is 114 Å². The SMILES string of the molecule is COc1ccc(Cl)c(N2CCNC(C(C)C)C2)c1. The summed E-state index contributed by atoms with van der Waals surface area (Å²) >= 11 is 6.30. The van der Waals surface area contributed by atoms with E-state index >= 15 is 0 Å². The molecule has 1 N–H and O–H groups in total. The summed E-state index contributed by atoms with van der Waals surface area (Å²) < 4.78 is 5.27. The van der Waals surface area contributed by atoms with E-state index in [1.807, 2.05) is 18.2 Å². The maximum Gasteiger partial charge on any atom is 0.121 e. The van der Waals surface area contributed by atoms with Gasteiger partial charge in [0.15, 0.2) is 0 Å². The van der Waals surface area contributed by atoms with Crippen LogP contribution < -0.4 is 15.0 Å². The summed E-state index contributed by atoms with van der Waals surface area (Å²) in [5.74, 6) is 1.48. The van der Waals surface area contributed by atoms with Gasteiger partial charge in [0, 0.05) is 31.7 Å². The minimum atomic E-state index is 0.515. The number of methoxy groups -OCH3 is 1. The van der Waals surface area contributed by atoms with Crippen LogP contribution in [0.2, 0.25) is 5.02 Å². The van der Waals surface area contributed by atoms with Gasteiger partial charge in [-0.05, 0) is 18.1 Å².